The highest BCUT2D eigenvalue weighted by Crippen LogP contribution is 2.20. The number of hydrogen-bond acceptors (Lipinski definition) is 4. The van der Waals surface area contributed by atoms with E-state index in [9.17, 15) is 9.59 Å². The van der Waals surface area contributed by atoms with Crippen LogP contribution in [0.3, 0.4) is 0 Å². The third kappa shape index (κ3) is 3.98. The van der Waals surface area contributed by atoms with Gasteiger partial charge in [-0.1, -0.05) is 12.1 Å². The number of para-hydroxylation sites is 1. The smallest absolute Gasteiger partial charge is 0.307 e. The minimum Gasteiger partial charge on any atom is -0.496 e. The lowest BCUT2D eigenvalue weighted by Gasteiger charge is -2.27. The van der Waals surface area contributed by atoms with E-state index >= 15 is 0 Å². The van der Waals surface area contributed by atoms with Crippen molar-refractivity contribution in [2.24, 2.45) is 0 Å². The molecule has 20 heavy (non-hydrogen) atoms. The number of rotatable bonds is 6. The van der Waals surface area contributed by atoms with E-state index in [-0.39, 0.29) is 24.3 Å². The normalized spacial score (nSPS) is 10.2. The number of amides is 1. The second-order valence-corrected chi connectivity index (χ2v) is 4.62. The van der Waals surface area contributed by atoms with Crippen molar-refractivity contribution in [3.05, 3.63) is 29.8 Å². The van der Waals surface area contributed by atoms with Gasteiger partial charge < -0.3 is 14.4 Å². The fraction of sp³-hybridized carbons (Fsp3) is 0.467. The van der Waals surface area contributed by atoms with E-state index in [1.165, 1.54) is 14.2 Å². The third-order valence-corrected chi connectivity index (χ3v) is 3.01. The molecule has 1 aromatic carbocycles. The van der Waals surface area contributed by atoms with Crippen molar-refractivity contribution in [1.29, 1.82) is 0 Å². The van der Waals surface area contributed by atoms with Gasteiger partial charge in [0.2, 0.25) is 0 Å². The first-order chi connectivity index (χ1) is 9.51. The summed E-state index contributed by atoms with van der Waals surface area (Å²) in [5, 5.41) is 0. The van der Waals surface area contributed by atoms with Crippen LogP contribution in [0.4, 0.5) is 0 Å². The van der Waals surface area contributed by atoms with Gasteiger partial charge in [0.1, 0.15) is 5.75 Å². The molecular weight excluding hydrogens is 258 g/mol. The minimum atomic E-state index is -0.330. The molecule has 0 radical (unpaired) electrons. The first-order valence-electron chi connectivity index (χ1n) is 6.52. The largest absolute Gasteiger partial charge is 0.496 e. The van der Waals surface area contributed by atoms with Crippen LogP contribution in [0.15, 0.2) is 24.3 Å². The Morgan fingerprint density at radius 3 is 2.40 bits per heavy atom. The Balaban J connectivity index is 2.91. The van der Waals surface area contributed by atoms with Crippen LogP contribution in [0.2, 0.25) is 0 Å². The fourth-order valence-electron chi connectivity index (χ4n) is 1.88. The molecule has 0 unspecified atom stereocenters. The van der Waals surface area contributed by atoms with Crippen LogP contribution in [0, 0.1) is 0 Å². The van der Waals surface area contributed by atoms with Gasteiger partial charge in [0.25, 0.3) is 5.91 Å². The molecule has 5 nitrogen and oxygen atoms in total. The number of benzene rings is 1. The topological polar surface area (TPSA) is 55.8 Å². The maximum Gasteiger partial charge on any atom is 0.307 e. The summed E-state index contributed by atoms with van der Waals surface area (Å²) in [6, 6.07) is 7.04. The molecule has 0 atom stereocenters. The Morgan fingerprint density at radius 2 is 1.85 bits per heavy atom. The maximum atomic E-state index is 12.6. The number of ether oxygens (including phenoxy) is 2. The van der Waals surface area contributed by atoms with Crippen LogP contribution in [0.25, 0.3) is 0 Å². The highest BCUT2D eigenvalue weighted by Gasteiger charge is 2.22. The number of carbonyl (C=O) groups excluding carboxylic acids is 2. The van der Waals surface area contributed by atoms with E-state index in [1.807, 2.05) is 19.9 Å². The van der Waals surface area contributed by atoms with Gasteiger partial charge in [0.05, 0.1) is 26.2 Å². The van der Waals surface area contributed by atoms with Crippen LogP contribution in [-0.4, -0.2) is 43.6 Å². The summed E-state index contributed by atoms with van der Waals surface area (Å²) in [5.41, 5.74) is 0.494. The number of nitrogens with zero attached hydrogens (tertiary/aromatic N) is 1. The minimum absolute atomic E-state index is 0.0166. The summed E-state index contributed by atoms with van der Waals surface area (Å²) in [6.45, 7) is 4.14. The van der Waals surface area contributed by atoms with Crippen molar-refractivity contribution in [3.63, 3.8) is 0 Å². The quantitative estimate of drug-likeness (QED) is 0.748. The molecule has 0 bridgehead atoms. The molecule has 0 spiro atoms. The Morgan fingerprint density at radius 1 is 1.20 bits per heavy atom. The molecule has 5 heteroatoms. The third-order valence-electron chi connectivity index (χ3n) is 3.01. The number of methoxy groups -OCH3 is 2. The van der Waals surface area contributed by atoms with Crippen LogP contribution in [-0.2, 0) is 9.53 Å². The molecule has 0 saturated carbocycles. The van der Waals surface area contributed by atoms with Gasteiger partial charge in [0.15, 0.2) is 0 Å². The summed E-state index contributed by atoms with van der Waals surface area (Å²) in [7, 11) is 2.87. The highest BCUT2D eigenvalue weighted by molar-refractivity contribution is 5.97. The average molecular weight is 279 g/mol. The Hall–Kier alpha value is -2.04. The lowest BCUT2D eigenvalue weighted by molar-refractivity contribution is -0.140. The molecule has 110 valence electrons. The molecule has 1 amide bonds. The lowest BCUT2D eigenvalue weighted by Crippen LogP contribution is -2.38. The first kappa shape index (κ1) is 16.0. The summed E-state index contributed by atoms with van der Waals surface area (Å²) < 4.78 is 9.81. The molecule has 0 N–H and O–H groups in total. The van der Waals surface area contributed by atoms with Crippen molar-refractivity contribution in [2.75, 3.05) is 20.8 Å². The van der Waals surface area contributed by atoms with Gasteiger partial charge in [-0.3, -0.25) is 9.59 Å². The van der Waals surface area contributed by atoms with Crippen molar-refractivity contribution < 1.29 is 19.1 Å². The number of carbonyl (C=O) groups is 2. The second kappa shape index (κ2) is 7.53. The van der Waals surface area contributed by atoms with E-state index in [4.69, 9.17) is 4.74 Å². The first-order valence-corrected chi connectivity index (χ1v) is 6.52. The maximum absolute atomic E-state index is 12.6. The molecular formula is C15H21NO4. The molecule has 0 fully saturated rings. The monoisotopic (exact) mass is 279 g/mol. The molecule has 0 saturated heterocycles. The number of esters is 1. The Bertz CT molecular complexity index is 471. The predicted molar refractivity (Wildman–Crippen MR) is 75.8 cm³/mol. The van der Waals surface area contributed by atoms with Crippen molar-refractivity contribution >= 4 is 11.9 Å². The SMILES string of the molecule is COC(=O)CCN(C(=O)c1ccccc1OC)C(C)C. The molecule has 1 rings (SSSR count). The Kier molecular flexibility index (Phi) is 6.03. The summed E-state index contributed by atoms with van der Waals surface area (Å²) in [6.07, 6.45) is 0.176. The van der Waals surface area contributed by atoms with Gasteiger partial charge in [-0.15, -0.1) is 0 Å². The van der Waals surface area contributed by atoms with Crippen molar-refractivity contribution in [1.82, 2.24) is 4.90 Å². The van der Waals surface area contributed by atoms with E-state index in [2.05, 4.69) is 4.74 Å². The van der Waals surface area contributed by atoms with E-state index in [0.717, 1.165) is 0 Å². The molecule has 0 aliphatic carbocycles. The van der Waals surface area contributed by atoms with Crippen molar-refractivity contribution in [3.8, 4) is 5.75 Å². The molecule has 0 aromatic heterocycles. The zero-order valence-corrected chi connectivity index (χ0v) is 12.4. The van der Waals surface area contributed by atoms with Crippen LogP contribution in [0.5, 0.6) is 5.75 Å². The molecule has 1 aromatic rings. The van der Waals surface area contributed by atoms with E-state index < -0.39 is 0 Å². The van der Waals surface area contributed by atoms with Crippen LogP contribution < -0.4 is 4.74 Å². The molecule has 0 aliphatic heterocycles. The molecule has 0 heterocycles. The predicted octanol–water partition coefficient (Wildman–Crippen LogP) is 2.11. The van der Waals surface area contributed by atoms with Gasteiger partial charge in [-0.2, -0.15) is 0 Å². The fourth-order valence-corrected chi connectivity index (χ4v) is 1.88. The zero-order chi connectivity index (χ0) is 15.1. The Labute approximate surface area is 119 Å². The van der Waals surface area contributed by atoms with Crippen molar-refractivity contribution in [2.45, 2.75) is 26.3 Å². The average Bonchev–Trinajstić information content (AvgIpc) is 2.46. The van der Waals surface area contributed by atoms with E-state index in [0.29, 0.717) is 17.9 Å². The van der Waals surface area contributed by atoms with Gasteiger partial charge >= 0.3 is 5.97 Å². The van der Waals surface area contributed by atoms with Crippen LogP contribution >= 0.6 is 0 Å². The summed E-state index contributed by atoms with van der Waals surface area (Å²) in [4.78, 5) is 25.4. The lowest BCUT2D eigenvalue weighted by atomic mass is 10.1. The van der Waals surface area contributed by atoms with Crippen LogP contribution in [0.1, 0.15) is 30.6 Å². The highest BCUT2D eigenvalue weighted by atomic mass is 16.5. The molecule has 0 aliphatic rings. The van der Waals surface area contributed by atoms with Gasteiger partial charge in [-0.05, 0) is 26.0 Å². The number of hydrogen-bond donors (Lipinski definition) is 0. The zero-order valence-electron chi connectivity index (χ0n) is 12.4. The second-order valence-electron chi connectivity index (χ2n) is 4.62. The van der Waals surface area contributed by atoms with Gasteiger partial charge in [-0.25, -0.2) is 0 Å². The standard InChI is InChI=1S/C15H21NO4/c1-11(2)16(10-9-14(17)20-4)15(18)12-7-5-6-8-13(12)19-3/h5-8,11H,9-10H2,1-4H3. The van der Waals surface area contributed by atoms with Gasteiger partial charge in [0, 0.05) is 12.6 Å². The summed E-state index contributed by atoms with van der Waals surface area (Å²) in [5.74, 6) is 0.0473. The van der Waals surface area contributed by atoms with E-state index in [1.54, 1.807) is 23.1 Å². The summed E-state index contributed by atoms with van der Waals surface area (Å²) >= 11 is 0.